The Kier molecular flexibility index (Phi) is 3.66. The highest BCUT2D eigenvalue weighted by atomic mass is 32.2. The van der Waals surface area contributed by atoms with E-state index in [0.717, 1.165) is 0 Å². The van der Waals surface area contributed by atoms with E-state index in [9.17, 15) is 14.1 Å². The van der Waals surface area contributed by atoms with Gasteiger partial charge in [-0.1, -0.05) is 0 Å². The maximum Gasteiger partial charge on any atom is 0.306 e. The van der Waals surface area contributed by atoms with Crippen LogP contribution in [0, 0.1) is 5.92 Å². The molecule has 0 amide bonds. The lowest BCUT2D eigenvalue weighted by Crippen LogP contribution is -2.40. The predicted molar refractivity (Wildman–Crippen MR) is 53.5 cm³/mol. The molecular weight excluding hydrogens is 204 g/mol. The van der Waals surface area contributed by atoms with Gasteiger partial charge in [0.2, 0.25) is 0 Å². The van der Waals surface area contributed by atoms with E-state index in [0.29, 0.717) is 25.7 Å². The summed E-state index contributed by atoms with van der Waals surface area (Å²) in [6.45, 7) is 0. The maximum atomic E-state index is 11.0. The van der Waals surface area contributed by atoms with E-state index in [1.54, 1.807) is 6.26 Å². The number of hydrogen-bond donors (Lipinski definition) is 2. The molecule has 1 unspecified atom stereocenters. The number of carbonyl (C=O) groups is 1. The molecule has 0 saturated heterocycles. The number of carboxylic acid groups (broad SMARTS) is 1. The van der Waals surface area contributed by atoms with Crippen LogP contribution in [0.5, 0.6) is 0 Å². The van der Waals surface area contributed by atoms with E-state index in [2.05, 4.69) is 0 Å². The lowest BCUT2D eigenvalue weighted by molar-refractivity contribution is -0.144. The maximum absolute atomic E-state index is 11.0. The van der Waals surface area contributed by atoms with Crippen LogP contribution < -0.4 is 0 Å². The van der Waals surface area contributed by atoms with Crippen molar-refractivity contribution in [3.8, 4) is 0 Å². The molecular formula is C9H16O4S. The van der Waals surface area contributed by atoms with Gasteiger partial charge in [-0.15, -0.1) is 0 Å². The van der Waals surface area contributed by atoms with Crippen LogP contribution in [0.4, 0.5) is 0 Å². The molecule has 2 N–H and O–H groups in total. The monoisotopic (exact) mass is 220 g/mol. The summed E-state index contributed by atoms with van der Waals surface area (Å²) >= 11 is 0. The first kappa shape index (κ1) is 11.7. The number of carboxylic acids is 1. The Hall–Kier alpha value is -0.420. The summed E-state index contributed by atoms with van der Waals surface area (Å²) in [4.78, 5) is 10.6. The smallest absolute Gasteiger partial charge is 0.306 e. The molecule has 1 aliphatic carbocycles. The van der Waals surface area contributed by atoms with Gasteiger partial charge in [-0.2, -0.15) is 0 Å². The van der Waals surface area contributed by atoms with Crippen molar-refractivity contribution in [1.29, 1.82) is 0 Å². The highest BCUT2D eigenvalue weighted by molar-refractivity contribution is 7.84. The second kappa shape index (κ2) is 4.40. The summed E-state index contributed by atoms with van der Waals surface area (Å²) in [5, 5.41) is 18.7. The van der Waals surface area contributed by atoms with Gasteiger partial charge in [-0.25, -0.2) is 0 Å². The summed E-state index contributed by atoms with van der Waals surface area (Å²) in [6.07, 6.45) is 3.43. The average molecular weight is 220 g/mol. The summed E-state index contributed by atoms with van der Waals surface area (Å²) in [5.41, 5.74) is -0.897. The molecule has 0 radical (unpaired) electrons. The van der Waals surface area contributed by atoms with Crippen LogP contribution in [0.25, 0.3) is 0 Å². The summed E-state index contributed by atoms with van der Waals surface area (Å²) < 4.78 is 11.0. The average Bonchev–Trinajstić information content (AvgIpc) is 2.02. The SMILES string of the molecule is CS(=O)CC1(O)CCC(C(=O)O)CC1. The van der Waals surface area contributed by atoms with Crippen LogP contribution in [-0.2, 0) is 15.6 Å². The number of aliphatic hydroxyl groups is 1. The van der Waals surface area contributed by atoms with Crippen molar-refractivity contribution in [2.24, 2.45) is 5.92 Å². The second-order valence-electron chi connectivity index (χ2n) is 4.05. The van der Waals surface area contributed by atoms with Crippen LogP contribution >= 0.6 is 0 Å². The van der Waals surface area contributed by atoms with Crippen molar-refractivity contribution in [1.82, 2.24) is 0 Å². The minimum Gasteiger partial charge on any atom is -0.481 e. The molecule has 0 bridgehead atoms. The van der Waals surface area contributed by atoms with Gasteiger partial charge in [0.1, 0.15) is 0 Å². The zero-order chi connectivity index (χ0) is 10.8. The van der Waals surface area contributed by atoms with Gasteiger partial charge in [-0.05, 0) is 25.7 Å². The molecule has 1 aliphatic rings. The van der Waals surface area contributed by atoms with Crippen molar-refractivity contribution in [3.63, 3.8) is 0 Å². The van der Waals surface area contributed by atoms with Crippen molar-refractivity contribution < 1.29 is 19.2 Å². The predicted octanol–water partition coefficient (Wildman–Crippen LogP) is 0.371. The van der Waals surface area contributed by atoms with E-state index in [-0.39, 0.29) is 11.7 Å². The van der Waals surface area contributed by atoms with E-state index in [4.69, 9.17) is 5.11 Å². The highest BCUT2D eigenvalue weighted by Crippen LogP contribution is 2.32. The quantitative estimate of drug-likeness (QED) is 0.720. The first-order valence-electron chi connectivity index (χ1n) is 4.68. The van der Waals surface area contributed by atoms with Gasteiger partial charge in [-0.3, -0.25) is 9.00 Å². The van der Waals surface area contributed by atoms with Crippen LogP contribution in [0.2, 0.25) is 0 Å². The fourth-order valence-electron chi connectivity index (χ4n) is 1.92. The van der Waals surface area contributed by atoms with Crippen LogP contribution in [0.3, 0.4) is 0 Å². The fourth-order valence-corrected chi connectivity index (χ4v) is 2.97. The standard InChI is InChI=1S/C9H16O4S/c1-14(13)6-9(12)4-2-7(3-5-9)8(10)11/h7,12H,2-6H2,1H3,(H,10,11). The van der Waals surface area contributed by atoms with E-state index >= 15 is 0 Å². The first-order chi connectivity index (χ1) is 6.43. The topological polar surface area (TPSA) is 74.6 Å². The third kappa shape index (κ3) is 3.06. The number of aliphatic carboxylic acids is 1. The van der Waals surface area contributed by atoms with E-state index in [1.165, 1.54) is 0 Å². The zero-order valence-corrected chi connectivity index (χ0v) is 9.05. The van der Waals surface area contributed by atoms with E-state index in [1.807, 2.05) is 0 Å². The minimum absolute atomic E-state index is 0.263. The Morgan fingerprint density at radius 3 is 2.36 bits per heavy atom. The Bertz CT molecular complexity index is 243. The summed E-state index contributed by atoms with van der Waals surface area (Å²) in [6, 6.07) is 0. The minimum atomic E-state index is -1.02. The molecule has 4 nitrogen and oxygen atoms in total. The molecule has 0 spiro atoms. The lowest BCUT2D eigenvalue weighted by Gasteiger charge is -2.33. The summed E-state index contributed by atoms with van der Waals surface area (Å²) in [5.74, 6) is -0.857. The molecule has 14 heavy (non-hydrogen) atoms. The van der Waals surface area contributed by atoms with Crippen molar-refractivity contribution in [2.75, 3.05) is 12.0 Å². The van der Waals surface area contributed by atoms with Gasteiger partial charge in [0.05, 0.1) is 17.3 Å². The molecule has 5 heteroatoms. The largest absolute Gasteiger partial charge is 0.481 e. The van der Waals surface area contributed by atoms with Gasteiger partial charge in [0, 0.05) is 17.1 Å². The van der Waals surface area contributed by atoms with Gasteiger partial charge in [0.25, 0.3) is 0 Å². The molecule has 0 aromatic rings. The van der Waals surface area contributed by atoms with Crippen molar-refractivity contribution in [3.05, 3.63) is 0 Å². The van der Waals surface area contributed by atoms with Crippen LogP contribution in [0.1, 0.15) is 25.7 Å². The lowest BCUT2D eigenvalue weighted by atomic mass is 9.80. The third-order valence-electron chi connectivity index (χ3n) is 2.74. The first-order valence-corrected chi connectivity index (χ1v) is 6.41. The molecule has 1 rings (SSSR count). The molecule has 0 heterocycles. The Balaban J connectivity index is 2.48. The third-order valence-corrected chi connectivity index (χ3v) is 3.68. The summed E-state index contributed by atoms with van der Waals surface area (Å²) in [7, 11) is -1.02. The number of rotatable bonds is 3. The van der Waals surface area contributed by atoms with Crippen LogP contribution in [0.15, 0.2) is 0 Å². The van der Waals surface area contributed by atoms with Gasteiger partial charge < -0.3 is 10.2 Å². The number of hydrogen-bond acceptors (Lipinski definition) is 3. The Morgan fingerprint density at radius 2 is 2.00 bits per heavy atom. The molecule has 0 aromatic carbocycles. The Labute approximate surface area is 85.8 Å². The fraction of sp³-hybridized carbons (Fsp3) is 0.889. The highest BCUT2D eigenvalue weighted by Gasteiger charge is 2.36. The normalized spacial score (nSPS) is 35.1. The van der Waals surface area contributed by atoms with Gasteiger partial charge in [0.15, 0.2) is 0 Å². The Morgan fingerprint density at radius 1 is 1.50 bits per heavy atom. The molecule has 1 saturated carbocycles. The van der Waals surface area contributed by atoms with Crippen molar-refractivity contribution >= 4 is 16.8 Å². The van der Waals surface area contributed by atoms with Gasteiger partial charge >= 0.3 is 5.97 Å². The van der Waals surface area contributed by atoms with E-state index < -0.39 is 22.4 Å². The molecule has 1 fully saturated rings. The second-order valence-corrected chi connectivity index (χ2v) is 5.49. The van der Waals surface area contributed by atoms with Crippen molar-refractivity contribution in [2.45, 2.75) is 31.3 Å². The van der Waals surface area contributed by atoms with Crippen LogP contribution in [-0.4, -0.2) is 38.0 Å². The zero-order valence-electron chi connectivity index (χ0n) is 8.23. The molecule has 1 atom stereocenters. The molecule has 82 valence electrons. The molecule has 0 aromatic heterocycles. The molecule has 0 aliphatic heterocycles.